The Morgan fingerprint density at radius 3 is 2.36 bits per heavy atom. The van der Waals surface area contributed by atoms with Gasteiger partial charge < -0.3 is 5.32 Å². The number of carbonyl (C=O) groups is 1. The minimum absolute atomic E-state index is 0.0712. The largest absolute Gasteiger partial charge is 0.321 e. The van der Waals surface area contributed by atoms with Crippen LogP contribution in [0.25, 0.3) is 6.08 Å². The lowest BCUT2D eigenvalue weighted by Crippen LogP contribution is -2.13. The van der Waals surface area contributed by atoms with Crippen molar-refractivity contribution in [2.75, 3.05) is 5.32 Å². The van der Waals surface area contributed by atoms with E-state index in [0.29, 0.717) is 5.69 Å². The number of hydrogen-bond acceptors (Lipinski definition) is 2. The standard InChI is InChI=1S/C18H15BrN2O/c1-2-13-5-9-17(10-6-13)21-18(22)15(12-20)11-14-3-7-16(19)8-4-14/h3-11H,2H2,1H3,(H,21,22)/b15-11-. The zero-order valence-electron chi connectivity index (χ0n) is 12.1. The van der Waals surface area contributed by atoms with E-state index < -0.39 is 5.91 Å². The van der Waals surface area contributed by atoms with Gasteiger partial charge in [0.05, 0.1) is 0 Å². The number of hydrogen-bond donors (Lipinski definition) is 1. The van der Waals surface area contributed by atoms with Crippen LogP contribution >= 0.6 is 15.9 Å². The zero-order chi connectivity index (χ0) is 15.9. The Labute approximate surface area is 138 Å². The number of nitrogens with zero attached hydrogens (tertiary/aromatic N) is 1. The first-order valence-corrected chi connectivity index (χ1v) is 7.69. The Balaban J connectivity index is 2.14. The molecule has 0 atom stereocenters. The van der Waals surface area contributed by atoms with Crippen LogP contribution in [0.4, 0.5) is 5.69 Å². The van der Waals surface area contributed by atoms with Gasteiger partial charge in [-0.15, -0.1) is 0 Å². The smallest absolute Gasteiger partial charge is 0.266 e. The predicted molar refractivity (Wildman–Crippen MR) is 92.2 cm³/mol. The summed E-state index contributed by atoms with van der Waals surface area (Å²) in [6, 6.07) is 16.9. The molecule has 22 heavy (non-hydrogen) atoms. The second-order valence-electron chi connectivity index (χ2n) is 4.73. The van der Waals surface area contributed by atoms with Gasteiger partial charge in [0, 0.05) is 10.2 Å². The number of amides is 1. The van der Waals surface area contributed by atoms with E-state index in [1.165, 1.54) is 5.56 Å². The van der Waals surface area contributed by atoms with Crippen LogP contribution in [0, 0.1) is 11.3 Å². The highest BCUT2D eigenvalue weighted by molar-refractivity contribution is 9.10. The first kappa shape index (κ1) is 16.0. The van der Waals surface area contributed by atoms with Gasteiger partial charge in [0.1, 0.15) is 11.6 Å². The van der Waals surface area contributed by atoms with Crippen LogP contribution in [0.1, 0.15) is 18.1 Å². The fourth-order valence-corrected chi connectivity index (χ4v) is 2.16. The van der Waals surface area contributed by atoms with Gasteiger partial charge in [0.15, 0.2) is 0 Å². The molecule has 2 aromatic rings. The molecular weight excluding hydrogens is 340 g/mol. The molecule has 0 heterocycles. The molecule has 4 heteroatoms. The molecule has 0 aliphatic carbocycles. The summed E-state index contributed by atoms with van der Waals surface area (Å²) in [5, 5.41) is 11.9. The van der Waals surface area contributed by atoms with Gasteiger partial charge >= 0.3 is 0 Å². The lowest BCUT2D eigenvalue weighted by atomic mass is 10.1. The number of nitriles is 1. The highest BCUT2D eigenvalue weighted by Crippen LogP contribution is 2.15. The molecule has 0 saturated heterocycles. The van der Waals surface area contributed by atoms with Gasteiger partial charge in [-0.05, 0) is 47.9 Å². The summed E-state index contributed by atoms with van der Waals surface area (Å²) in [6.45, 7) is 2.07. The summed E-state index contributed by atoms with van der Waals surface area (Å²) in [5.74, 6) is -0.408. The van der Waals surface area contributed by atoms with Gasteiger partial charge in [-0.25, -0.2) is 0 Å². The molecule has 0 aliphatic heterocycles. The Hall–Kier alpha value is -2.38. The van der Waals surface area contributed by atoms with Crippen LogP contribution < -0.4 is 5.32 Å². The van der Waals surface area contributed by atoms with E-state index in [0.717, 1.165) is 16.5 Å². The SMILES string of the molecule is CCc1ccc(NC(=O)/C(C#N)=C\c2ccc(Br)cc2)cc1. The topological polar surface area (TPSA) is 52.9 Å². The molecule has 0 aliphatic rings. The summed E-state index contributed by atoms with van der Waals surface area (Å²) in [7, 11) is 0. The van der Waals surface area contributed by atoms with Crippen molar-refractivity contribution in [2.45, 2.75) is 13.3 Å². The molecule has 0 unspecified atom stereocenters. The van der Waals surface area contributed by atoms with Crippen molar-refractivity contribution in [2.24, 2.45) is 0 Å². The molecule has 2 aromatic carbocycles. The van der Waals surface area contributed by atoms with Crippen LogP contribution in [0.5, 0.6) is 0 Å². The number of rotatable bonds is 4. The van der Waals surface area contributed by atoms with Gasteiger partial charge in [-0.2, -0.15) is 5.26 Å². The van der Waals surface area contributed by atoms with Crippen molar-refractivity contribution in [3.05, 3.63) is 69.7 Å². The summed E-state index contributed by atoms with van der Waals surface area (Å²) < 4.78 is 0.948. The average molecular weight is 355 g/mol. The molecule has 0 bridgehead atoms. The molecule has 0 aromatic heterocycles. The third-order valence-electron chi connectivity index (χ3n) is 3.17. The van der Waals surface area contributed by atoms with E-state index in [4.69, 9.17) is 0 Å². The van der Waals surface area contributed by atoms with Crippen LogP contribution in [0.15, 0.2) is 58.6 Å². The quantitative estimate of drug-likeness (QED) is 0.646. The van der Waals surface area contributed by atoms with E-state index in [-0.39, 0.29) is 5.57 Å². The van der Waals surface area contributed by atoms with Gasteiger partial charge in [0.25, 0.3) is 5.91 Å². The number of halogens is 1. The van der Waals surface area contributed by atoms with E-state index in [1.54, 1.807) is 6.08 Å². The third-order valence-corrected chi connectivity index (χ3v) is 3.69. The van der Waals surface area contributed by atoms with Crippen molar-refractivity contribution in [3.8, 4) is 6.07 Å². The van der Waals surface area contributed by atoms with Gasteiger partial charge in [-0.3, -0.25) is 4.79 Å². The summed E-state index contributed by atoms with van der Waals surface area (Å²) in [4.78, 5) is 12.2. The fourth-order valence-electron chi connectivity index (χ4n) is 1.90. The van der Waals surface area contributed by atoms with Crippen LogP contribution in [0.3, 0.4) is 0 Å². The Morgan fingerprint density at radius 1 is 1.18 bits per heavy atom. The summed E-state index contributed by atoms with van der Waals surface area (Å²) in [6.07, 6.45) is 2.52. The number of anilines is 1. The van der Waals surface area contributed by atoms with Gasteiger partial charge in [0.2, 0.25) is 0 Å². The first-order valence-electron chi connectivity index (χ1n) is 6.90. The normalized spacial score (nSPS) is 10.9. The summed E-state index contributed by atoms with van der Waals surface area (Å²) >= 11 is 3.35. The average Bonchev–Trinajstić information content (AvgIpc) is 2.55. The monoisotopic (exact) mass is 354 g/mol. The van der Waals surface area contributed by atoms with Crippen LogP contribution in [0.2, 0.25) is 0 Å². The minimum atomic E-state index is -0.408. The van der Waals surface area contributed by atoms with Crippen molar-refractivity contribution >= 4 is 33.6 Å². The van der Waals surface area contributed by atoms with Crippen LogP contribution in [-0.2, 0) is 11.2 Å². The van der Waals surface area contributed by atoms with Crippen molar-refractivity contribution in [1.29, 1.82) is 5.26 Å². The molecule has 0 saturated carbocycles. The fraction of sp³-hybridized carbons (Fsp3) is 0.111. The van der Waals surface area contributed by atoms with E-state index >= 15 is 0 Å². The first-order chi connectivity index (χ1) is 10.6. The molecular formula is C18H15BrN2O. The zero-order valence-corrected chi connectivity index (χ0v) is 13.7. The van der Waals surface area contributed by atoms with Crippen molar-refractivity contribution in [3.63, 3.8) is 0 Å². The highest BCUT2D eigenvalue weighted by Gasteiger charge is 2.09. The molecule has 110 valence electrons. The Kier molecular flexibility index (Phi) is 5.51. The van der Waals surface area contributed by atoms with E-state index in [9.17, 15) is 10.1 Å². The summed E-state index contributed by atoms with van der Waals surface area (Å²) in [5.41, 5.74) is 2.75. The van der Waals surface area contributed by atoms with E-state index in [1.807, 2.05) is 54.6 Å². The third kappa shape index (κ3) is 4.31. The molecule has 3 nitrogen and oxygen atoms in total. The van der Waals surface area contributed by atoms with Crippen molar-refractivity contribution in [1.82, 2.24) is 0 Å². The number of nitrogens with one attached hydrogen (secondary N) is 1. The van der Waals surface area contributed by atoms with Crippen LogP contribution in [-0.4, -0.2) is 5.91 Å². The molecule has 2 rings (SSSR count). The maximum atomic E-state index is 12.2. The number of aryl methyl sites for hydroxylation is 1. The molecule has 0 radical (unpaired) electrons. The maximum Gasteiger partial charge on any atom is 0.266 e. The number of carbonyl (C=O) groups excluding carboxylic acids is 1. The Bertz CT molecular complexity index is 725. The predicted octanol–water partition coefficient (Wildman–Crippen LogP) is 4.56. The molecule has 1 N–H and O–H groups in total. The van der Waals surface area contributed by atoms with Gasteiger partial charge in [-0.1, -0.05) is 47.1 Å². The highest BCUT2D eigenvalue weighted by atomic mass is 79.9. The second kappa shape index (κ2) is 7.58. The van der Waals surface area contributed by atoms with E-state index in [2.05, 4.69) is 28.2 Å². The lowest BCUT2D eigenvalue weighted by Gasteiger charge is -2.05. The van der Waals surface area contributed by atoms with Crippen molar-refractivity contribution < 1.29 is 4.79 Å². The molecule has 1 amide bonds. The molecule has 0 fully saturated rings. The molecule has 0 spiro atoms. The Morgan fingerprint density at radius 2 is 1.82 bits per heavy atom. The maximum absolute atomic E-state index is 12.2. The lowest BCUT2D eigenvalue weighted by molar-refractivity contribution is -0.112. The second-order valence-corrected chi connectivity index (χ2v) is 5.64. The minimum Gasteiger partial charge on any atom is -0.321 e. The number of benzene rings is 2.